The molecule has 1 aromatic carbocycles. The monoisotopic (exact) mass is 311 g/mol. The molecule has 0 saturated heterocycles. The molecule has 1 aromatic rings. The van der Waals surface area contributed by atoms with Gasteiger partial charge >= 0.3 is 12.0 Å². The Kier molecular flexibility index (Phi) is 6.61. The van der Waals surface area contributed by atoms with Gasteiger partial charge in [-0.3, -0.25) is 10.1 Å². The molecular formula is C13H17N3O6. The molecule has 3 N–H and O–H groups in total. The van der Waals surface area contributed by atoms with E-state index in [1.807, 2.05) is 0 Å². The van der Waals surface area contributed by atoms with Crippen LogP contribution in [0.1, 0.15) is 12.0 Å². The summed E-state index contributed by atoms with van der Waals surface area (Å²) in [5.74, 6) is -0.231. The summed E-state index contributed by atoms with van der Waals surface area (Å²) in [6.07, 6.45) is 0.436. The zero-order chi connectivity index (χ0) is 16.5. The van der Waals surface area contributed by atoms with Crippen molar-refractivity contribution in [1.29, 1.82) is 0 Å². The van der Waals surface area contributed by atoms with Crippen molar-refractivity contribution >= 4 is 17.7 Å². The Morgan fingerprint density at radius 3 is 2.73 bits per heavy atom. The summed E-state index contributed by atoms with van der Waals surface area (Å²) in [4.78, 5) is 32.0. The van der Waals surface area contributed by atoms with E-state index in [-0.39, 0.29) is 18.9 Å². The topological polar surface area (TPSA) is 134 Å². The van der Waals surface area contributed by atoms with E-state index in [1.54, 1.807) is 6.92 Å². The first-order chi connectivity index (χ1) is 10.4. The Bertz CT molecular complexity index is 561. The summed E-state index contributed by atoms with van der Waals surface area (Å²) in [6.45, 7) is 1.71. The second-order valence-electron chi connectivity index (χ2n) is 4.36. The highest BCUT2D eigenvalue weighted by atomic mass is 16.6. The first-order valence-corrected chi connectivity index (χ1v) is 6.47. The van der Waals surface area contributed by atoms with Gasteiger partial charge in [-0.05, 0) is 25.5 Å². The predicted molar refractivity (Wildman–Crippen MR) is 76.5 cm³/mol. The first-order valence-electron chi connectivity index (χ1n) is 6.47. The molecule has 0 unspecified atom stereocenters. The van der Waals surface area contributed by atoms with Crippen LogP contribution in [0.3, 0.4) is 0 Å². The molecule has 0 bridgehead atoms. The number of primary amides is 1. The number of amides is 2. The Labute approximate surface area is 126 Å². The standard InChI is InChI=1S/C13H17N3O6/c1-9-7-10(3-4-11(9)16(19)20)22-8-12(17)21-6-2-5-15-13(14)18/h3-4,7H,2,5-6,8H2,1H3,(H3,14,15,18). The third-order valence-corrected chi connectivity index (χ3v) is 2.61. The molecular weight excluding hydrogens is 294 g/mol. The molecule has 9 heteroatoms. The minimum atomic E-state index is -0.636. The molecule has 0 radical (unpaired) electrons. The lowest BCUT2D eigenvalue weighted by molar-refractivity contribution is -0.385. The number of carbonyl (C=O) groups is 2. The lowest BCUT2D eigenvalue weighted by Gasteiger charge is -2.08. The van der Waals surface area contributed by atoms with Gasteiger partial charge in [-0.2, -0.15) is 0 Å². The molecule has 0 saturated carbocycles. The number of hydrogen-bond donors (Lipinski definition) is 2. The second kappa shape index (κ2) is 8.45. The molecule has 9 nitrogen and oxygen atoms in total. The van der Waals surface area contributed by atoms with Crippen LogP contribution in [0.15, 0.2) is 18.2 Å². The largest absolute Gasteiger partial charge is 0.482 e. The van der Waals surface area contributed by atoms with E-state index in [9.17, 15) is 19.7 Å². The SMILES string of the molecule is Cc1cc(OCC(=O)OCCCNC(N)=O)ccc1[N+](=O)[O-]. The van der Waals surface area contributed by atoms with Crippen LogP contribution in [0.5, 0.6) is 5.75 Å². The first kappa shape index (κ1) is 17.2. The van der Waals surface area contributed by atoms with Gasteiger partial charge in [-0.1, -0.05) is 0 Å². The van der Waals surface area contributed by atoms with Crippen molar-refractivity contribution in [3.05, 3.63) is 33.9 Å². The van der Waals surface area contributed by atoms with Gasteiger partial charge in [0, 0.05) is 18.2 Å². The van der Waals surface area contributed by atoms with Gasteiger partial charge in [-0.25, -0.2) is 9.59 Å². The van der Waals surface area contributed by atoms with Crippen LogP contribution in [0.2, 0.25) is 0 Å². The van der Waals surface area contributed by atoms with E-state index in [2.05, 4.69) is 5.32 Å². The number of nitrogens with one attached hydrogen (secondary N) is 1. The molecule has 2 amide bonds. The predicted octanol–water partition coefficient (Wildman–Crippen LogP) is 0.884. The number of aryl methyl sites for hydroxylation is 1. The molecule has 0 aliphatic heterocycles. The fourth-order valence-corrected chi connectivity index (χ4v) is 1.58. The summed E-state index contributed by atoms with van der Waals surface area (Å²) in [5, 5.41) is 13.0. The van der Waals surface area contributed by atoms with Crippen LogP contribution in [0.4, 0.5) is 10.5 Å². The number of hydrogen-bond acceptors (Lipinski definition) is 6. The quantitative estimate of drug-likeness (QED) is 0.317. The molecule has 0 aliphatic carbocycles. The van der Waals surface area contributed by atoms with E-state index in [1.165, 1.54) is 18.2 Å². The number of nitrogens with zero attached hydrogens (tertiary/aromatic N) is 1. The smallest absolute Gasteiger partial charge is 0.344 e. The fourth-order valence-electron chi connectivity index (χ4n) is 1.58. The van der Waals surface area contributed by atoms with E-state index < -0.39 is 16.9 Å². The van der Waals surface area contributed by atoms with Crippen LogP contribution < -0.4 is 15.8 Å². The zero-order valence-corrected chi connectivity index (χ0v) is 12.0. The van der Waals surface area contributed by atoms with Gasteiger partial charge in [0.15, 0.2) is 6.61 Å². The van der Waals surface area contributed by atoms with Gasteiger partial charge in [0.25, 0.3) is 5.69 Å². The van der Waals surface area contributed by atoms with Gasteiger partial charge in [0.05, 0.1) is 11.5 Å². The van der Waals surface area contributed by atoms with Crippen LogP contribution in [0, 0.1) is 17.0 Å². The number of rotatable bonds is 8. The summed E-state index contributed by atoms with van der Waals surface area (Å²) in [5.41, 5.74) is 5.29. The fraction of sp³-hybridized carbons (Fsp3) is 0.385. The highest BCUT2D eigenvalue weighted by Crippen LogP contribution is 2.22. The number of nitro benzene ring substituents is 1. The Morgan fingerprint density at radius 2 is 2.14 bits per heavy atom. The number of esters is 1. The van der Waals surface area contributed by atoms with Gasteiger partial charge in [-0.15, -0.1) is 0 Å². The van der Waals surface area contributed by atoms with Crippen molar-refractivity contribution in [2.75, 3.05) is 19.8 Å². The van der Waals surface area contributed by atoms with Crippen LogP contribution in [0.25, 0.3) is 0 Å². The lowest BCUT2D eigenvalue weighted by atomic mass is 10.2. The molecule has 0 heterocycles. The van der Waals surface area contributed by atoms with Crippen LogP contribution >= 0.6 is 0 Å². The van der Waals surface area contributed by atoms with E-state index >= 15 is 0 Å². The van der Waals surface area contributed by atoms with Crippen molar-refractivity contribution in [3.63, 3.8) is 0 Å². The molecule has 120 valence electrons. The van der Waals surface area contributed by atoms with Crippen molar-refractivity contribution in [2.45, 2.75) is 13.3 Å². The molecule has 0 spiro atoms. The number of urea groups is 1. The number of nitrogens with two attached hydrogens (primary N) is 1. The maximum absolute atomic E-state index is 11.4. The molecule has 1 rings (SSSR count). The summed E-state index contributed by atoms with van der Waals surface area (Å²) in [7, 11) is 0. The number of nitro groups is 1. The van der Waals surface area contributed by atoms with Crippen LogP contribution in [-0.2, 0) is 9.53 Å². The lowest BCUT2D eigenvalue weighted by Crippen LogP contribution is -2.30. The number of benzene rings is 1. The average Bonchev–Trinajstić information content (AvgIpc) is 2.44. The molecule has 0 atom stereocenters. The van der Waals surface area contributed by atoms with Crippen molar-refractivity contribution in [3.8, 4) is 5.75 Å². The minimum Gasteiger partial charge on any atom is -0.482 e. The Hall–Kier alpha value is -2.84. The number of ether oxygens (including phenoxy) is 2. The highest BCUT2D eigenvalue weighted by Gasteiger charge is 2.11. The van der Waals surface area contributed by atoms with Crippen molar-refractivity contribution < 1.29 is 24.0 Å². The molecule has 0 aliphatic rings. The third-order valence-electron chi connectivity index (χ3n) is 2.61. The molecule has 0 fully saturated rings. The highest BCUT2D eigenvalue weighted by molar-refractivity contribution is 5.71. The molecule has 0 aromatic heterocycles. The minimum absolute atomic E-state index is 0.0168. The van der Waals surface area contributed by atoms with Gasteiger partial charge in [0.2, 0.25) is 0 Å². The normalized spacial score (nSPS) is 9.86. The third kappa shape index (κ3) is 6.07. The number of carbonyl (C=O) groups excluding carboxylic acids is 2. The van der Waals surface area contributed by atoms with Crippen molar-refractivity contribution in [2.24, 2.45) is 5.73 Å². The van der Waals surface area contributed by atoms with E-state index in [0.717, 1.165) is 0 Å². The maximum atomic E-state index is 11.4. The summed E-state index contributed by atoms with van der Waals surface area (Å²) >= 11 is 0. The van der Waals surface area contributed by atoms with E-state index in [4.69, 9.17) is 15.2 Å². The van der Waals surface area contributed by atoms with Gasteiger partial charge in [0.1, 0.15) is 5.75 Å². The Balaban J connectivity index is 2.31. The Morgan fingerprint density at radius 1 is 1.41 bits per heavy atom. The average molecular weight is 311 g/mol. The van der Waals surface area contributed by atoms with Crippen molar-refractivity contribution in [1.82, 2.24) is 5.32 Å². The second-order valence-corrected chi connectivity index (χ2v) is 4.36. The summed E-state index contributed by atoms with van der Waals surface area (Å²) in [6, 6.07) is 3.56. The zero-order valence-electron chi connectivity index (χ0n) is 12.0. The maximum Gasteiger partial charge on any atom is 0.344 e. The van der Waals surface area contributed by atoms with E-state index in [0.29, 0.717) is 24.3 Å². The van der Waals surface area contributed by atoms with Gasteiger partial charge < -0.3 is 20.5 Å². The van der Waals surface area contributed by atoms with Crippen LogP contribution in [-0.4, -0.2) is 36.7 Å². The summed E-state index contributed by atoms with van der Waals surface area (Å²) < 4.78 is 10.1. The molecule has 22 heavy (non-hydrogen) atoms.